The predicted octanol–water partition coefficient (Wildman–Crippen LogP) is 3.40. The molecule has 3 rings (SSSR count). The molecule has 0 radical (unpaired) electrons. The molecule has 0 spiro atoms. The van der Waals surface area contributed by atoms with Gasteiger partial charge in [-0.3, -0.25) is 9.59 Å². The van der Waals surface area contributed by atoms with Gasteiger partial charge in [-0.15, -0.1) is 0 Å². The Morgan fingerprint density at radius 2 is 1.86 bits per heavy atom. The number of benzene rings is 2. The third kappa shape index (κ3) is 4.97. The molecule has 0 saturated heterocycles. The molecule has 2 N–H and O–H groups in total. The highest BCUT2D eigenvalue weighted by molar-refractivity contribution is 5.86. The zero-order valence-corrected chi connectivity index (χ0v) is 15.9. The van der Waals surface area contributed by atoms with Crippen LogP contribution in [-0.4, -0.2) is 34.8 Å². The number of nitrogens with one attached hydrogen (secondary N) is 2. The van der Waals surface area contributed by atoms with Crippen molar-refractivity contribution in [2.75, 3.05) is 13.1 Å². The summed E-state index contributed by atoms with van der Waals surface area (Å²) in [5, 5.41) is 3.89. The maximum atomic E-state index is 12.9. The van der Waals surface area contributed by atoms with Gasteiger partial charge in [-0.2, -0.15) is 0 Å². The van der Waals surface area contributed by atoms with Gasteiger partial charge >= 0.3 is 0 Å². The fraction of sp³-hybridized carbons (Fsp3) is 0.273. The fourth-order valence-corrected chi connectivity index (χ4v) is 3.15. The van der Waals surface area contributed by atoms with E-state index in [4.69, 9.17) is 0 Å². The summed E-state index contributed by atoms with van der Waals surface area (Å²) in [4.78, 5) is 29.5. The Bertz CT molecular complexity index is 950. The molecule has 2 amide bonds. The molecule has 5 nitrogen and oxygen atoms in total. The van der Waals surface area contributed by atoms with Crippen LogP contribution >= 0.6 is 0 Å². The highest BCUT2D eigenvalue weighted by Crippen LogP contribution is 2.19. The molecule has 3 aromatic rings. The van der Waals surface area contributed by atoms with Gasteiger partial charge in [0.25, 0.3) is 0 Å². The van der Waals surface area contributed by atoms with E-state index < -0.39 is 0 Å². The molecule has 0 atom stereocenters. The number of aryl methyl sites for hydroxylation is 1. The van der Waals surface area contributed by atoms with Crippen LogP contribution in [0.15, 0.2) is 54.7 Å². The molecule has 0 aliphatic carbocycles. The van der Waals surface area contributed by atoms with Gasteiger partial charge in [-0.25, -0.2) is 4.39 Å². The monoisotopic (exact) mass is 381 g/mol. The van der Waals surface area contributed by atoms with Crippen molar-refractivity contribution < 1.29 is 14.0 Å². The third-order valence-corrected chi connectivity index (χ3v) is 4.75. The quantitative estimate of drug-likeness (QED) is 0.628. The number of carbonyl (C=O) groups is 2. The number of aromatic amines is 1. The summed E-state index contributed by atoms with van der Waals surface area (Å²) in [5.74, 6) is -0.593. The molecule has 0 aliphatic heterocycles. The molecule has 1 heterocycles. The zero-order chi connectivity index (χ0) is 19.9. The number of nitrogens with zero attached hydrogens (tertiary/aromatic N) is 1. The van der Waals surface area contributed by atoms with E-state index in [1.165, 1.54) is 12.1 Å². The van der Waals surface area contributed by atoms with Gasteiger partial charge in [-0.05, 0) is 42.7 Å². The zero-order valence-electron chi connectivity index (χ0n) is 15.9. The van der Waals surface area contributed by atoms with Crippen molar-refractivity contribution in [1.82, 2.24) is 15.2 Å². The number of halogens is 1. The van der Waals surface area contributed by atoms with Crippen LogP contribution in [-0.2, 0) is 22.6 Å². The average molecular weight is 381 g/mol. The van der Waals surface area contributed by atoms with Crippen LogP contribution in [0.2, 0.25) is 0 Å². The topological polar surface area (TPSA) is 65.2 Å². The van der Waals surface area contributed by atoms with Crippen molar-refractivity contribution in [2.45, 2.75) is 26.3 Å². The first-order chi connectivity index (χ1) is 13.6. The van der Waals surface area contributed by atoms with Gasteiger partial charge in [0.15, 0.2) is 0 Å². The molecule has 28 heavy (non-hydrogen) atoms. The van der Waals surface area contributed by atoms with E-state index in [0.29, 0.717) is 25.9 Å². The largest absolute Gasteiger partial charge is 0.361 e. The Morgan fingerprint density at radius 3 is 2.61 bits per heavy atom. The number of fused-ring (bicyclic) bond motifs is 1. The van der Waals surface area contributed by atoms with E-state index in [0.717, 1.165) is 22.0 Å². The van der Waals surface area contributed by atoms with Gasteiger partial charge in [0.05, 0.1) is 6.54 Å². The van der Waals surface area contributed by atoms with Crippen molar-refractivity contribution in [3.8, 4) is 0 Å². The maximum absolute atomic E-state index is 12.9. The number of aromatic nitrogens is 1. The number of para-hydroxylation sites is 1. The Morgan fingerprint density at radius 1 is 1.11 bits per heavy atom. The molecule has 0 saturated carbocycles. The van der Waals surface area contributed by atoms with Crippen LogP contribution in [0.5, 0.6) is 0 Å². The minimum atomic E-state index is -0.312. The number of rotatable bonds is 8. The normalized spacial score (nSPS) is 10.8. The maximum Gasteiger partial charge on any atom is 0.239 e. The minimum absolute atomic E-state index is 0.0183. The van der Waals surface area contributed by atoms with Gasteiger partial charge in [0.1, 0.15) is 5.82 Å². The molecular formula is C22H24FN3O2. The number of hydrogen-bond acceptors (Lipinski definition) is 2. The second-order valence-corrected chi connectivity index (χ2v) is 6.67. The SMILES string of the molecule is CCN(CC(=O)NCc1ccc(F)cc1)C(=O)CCc1c[nH]c2ccccc12. The molecule has 0 bridgehead atoms. The lowest BCUT2D eigenvalue weighted by molar-refractivity contribution is -0.135. The van der Waals surface area contributed by atoms with Crippen molar-refractivity contribution in [3.63, 3.8) is 0 Å². The first kappa shape index (κ1) is 19.6. The summed E-state index contributed by atoms with van der Waals surface area (Å²) in [6, 6.07) is 13.9. The molecule has 0 aliphatic rings. The average Bonchev–Trinajstić information content (AvgIpc) is 3.13. The molecule has 146 valence electrons. The van der Waals surface area contributed by atoms with Gasteiger partial charge in [-0.1, -0.05) is 30.3 Å². The van der Waals surface area contributed by atoms with Crippen LogP contribution < -0.4 is 5.32 Å². The van der Waals surface area contributed by atoms with Crippen LogP contribution in [0, 0.1) is 5.82 Å². The Labute approximate surface area is 163 Å². The highest BCUT2D eigenvalue weighted by atomic mass is 19.1. The number of hydrogen-bond donors (Lipinski definition) is 2. The third-order valence-electron chi connectivity index (χ3n) is 4.75. The predicted molar refractivity (Wildman–Crippen MR) is 107 cm³/mol. The summed E-state index contributed by atoms with van der Waals surface area (Å²) in [7, 11) is 0. The van der Waals surface area contributed by atoms with Crippen molar-refractivity contribution >= 4 is 22.7 Å². The Hall–Kier alpha value is -3.15. The first-order valence-electron chi connectivity index (χ1n) is 9.40. The summed E-state index contributed by atoms with van der Waals surface area (Å²) >= 11 is 0. The second kappa shape index (κ2) is 9.17. The van der Waals surface area contributed by atoms with Gasteiger partial charge < -0.3 is 15.2 Å². The lowest BCUT2D eigenvalue weighted by atomic mass is 10.1. The summed E-state index contributed by atoms with van der Waals surface area (Å²) in [6.07, 6.45) is 2.90. The smallest absolute Gasteiger partial charge is 0.239 e. The van der Waals surface area contributed by atoms with E-state index in [1.54, 1.807) is 17.0 Å². The first-order valence-corrected chi connectivity index (χ1v) is 9.40. The summed E-state index contributed by atoms with van der Waals surface area (Å²) in [6.45, 7) is 2.65. The summed E-state index contributed by atoms with van der Waals surface area (Å²) < 4.78 is 12.9. The van der Waals surface area contributed by atoms with Crippen molar-refractivity contribution in [2.24, 2.45) is 0 Å². The van der Waals surface area contributed by atoms with Crippen molar-refractivity contribution in [1.29, 1.82) is 0 Å². The number of H-pyrrole nitrogens is 1. The lowest BCUT2D eigenvalue weighted by Gasteiger charge is -2.20. The molecule has 0 unspecified atom stereocenters. The van der Waals surface area contributed by atoms with Gasteiger partial charge in [0, 0.05) is 36.6 Å². The van der Waals surface area contributed by atoms with Gasteiger partial charge in [0.2, 0.25) is 11.8 Å². The fourth-order valence-electron chi connectivity index (χ4n) is 3.15. The van der Waals surface area contributed by atoms with E-state index >= 15 is 0 Å². The Kier molecular flexibility index (Phi) is 6.42. The summed E-state index contributed by atoms with van der Waals surface area (Å²) in [5.41, 5.74) is 2.96. The second-order valence-electron chi connectivity index (χ2n) is 6.67. The molecule has 2 aromatic carbocycles. The molecular weight excluding hydrogens is 357 g/mol. The highest BCUT2D eigenvalue weighted by Gasteiger charge is 2.16. The van der Waals surface area contributed by atoms with Crippen LogP contribution in [0.25, 0.3) is 10.9 Å². The molecule has 0 fully saturated rings. The van der Waals surface area contributed by atoms with E-state index in [-0.39, 0.29) is 24.2 Å². The van der Waals surface area contributed by atoms with E-state index in [1.807, 2.05) is 37.4 Å². The lowest BCUT2D eigenvalue weighted by Crippen LogP contribution is -2.40. The Balaban J connectivity index is 1.50. The van der Waals surface area contributed by atoms with Crippen molar-refractivity contribution in [3.05, 3.63) is 71.7 Å². The standard InChI is InChI=1S/C22H24FN3O2/c1-2-26(15-21(27)25-13-16-7-10-18(23)11-8-16)22(28)12-9-17-14-24-20-6-4-3-5-19(17)20/h3-8,10-11,14,24H,2,9,12-13,15H2,1H3,(H,25,27). The van der Waals surface area contributed by atoms with E-state index in [9.17, 15) is 14.0 Å². The van der Waals surface area contributed by atoms with Crippen LogP contribution in [0.4, 0.5) is 4.39 Å². The van der Waals surface area contributed by atoms with Crippen LogP contribution in [0.1, 0.15) is 24.5 Å². The van der Waals surface area contributed by atoms with E-state index in [2.05, 4.69) is 10.3 Å². The number of amides is 2. The number of carbonyl (C=O) groups excluding carboxylic acids is 2. The molecule has 1 aromatic heterocycles. The number of likely N-dealkylation sites (N-methyl/N-ethyl adjacent to an activating group) is 1. The molecule has 6 heteroatoms. The minimum Gasteiger partial charge on any atom is -0.361 e. The van der Waals surface area contributed by atoms with Crippen LogP contribution in [0.3, 0.4) is 0 Å².